The Kier molecular flexibility index (Phi) is 6.82. The first-order chi connectivity index (χ1) is 26.8. The van der Waals surface area contributed by atoms with Crippen molar-refractivity contribution in [3.8, 4) is 0 Å². The molecule has 0 amide bonds. The minimum absolute atomic E-state index is 0.850. The summed E-state index contributed by atoms with van der Waals surface area (Å²) >= 11 is 0. The van der Waals surface area contributed by atoms with E-state index in [-0.39, 0.29) is 0 Å². The van der Waals surface area contributed by atoms with Gasteiger partial charge in [0.25, 0.3) is 0 Å². The predicted molar refractivity (Wildman–Crippen MR) is 225 cm³/mol. The number of hydrogen-bond acceptors (Lipinski definition) is 4. The van der Waals surface area contributed by atoms with Crippen LogP contribution in [0.1, 0.15) is 0 Å². The van der Waals surface area contributed by atoms with E-state index in [2.05, 4.69) is 192 Å². The second-order valence-electron chi connectivity index (χ2n) is 13.8. The zero-order valence-electron chi connectivity index (χ0n) is 29.2. The third-order valence-electron chi connectivity index (χ3n) is 10.5. The predicted octanol–water partition coefficient (Wildman–Crippen LogP) is 14.7. The molecule has 0 aliphatic carbocycles. The van der Waals surface area contributed by atoms with Crippen LogP contribution in [0.15, 0.2) is 203 Å². The molecule has 0 unspecified atom stereocenters. The van der Waals surface area contributed by atoms with Crippen LogP contribution < -0.4 is 9.80 Å². The number of fused-ring (bicyclic) bond motifs is 10. The van der Waals surface area contributed by atoms with E-state index in [1.807, 2.05) is 12.1 Å². The van der Waals surface area contributed by atoms with Crippen molar-refractivity contribution in [3.05, 3.63) is 194 Å². The maximum atomic E-state index is 6.71. The SMILES string of the molecule is c1ccc(N(c2ccccc2)c2ccc3cc4c(cc3c2)oc2ccc3oc5c6ccc(N(c7ccccc7)c7ccccc7)cc6ccc5c3c24)cc1. The number of furan rings is 2. The first-order valence-electron chi connectivity index (χ1n) is 18.3. The topological polar surface area (TPSA) is 32.8 Å². The fourth-order valence-electron chi connectivity index (χ4n) is 8.12. The van der Waals surface area contributed by atoms with E-state index in [0.717, 1.165) is 99.5 Å². The van der Waals surface area contributed by atoms with E-state index in [1.54, 1.807) is 0 Å². The van der Waals surface area contributed by atoms with Crippen LogP contribution in [-0.2, 0) is 0 Å². The van der Waals surface area contributed by atoms with E-state index in [1.165, 1.54) is 0 Å². The molecule has 0 atom stereocenters. The van der Waals surface area contributed by atoms with Crippen LogP contribution >= 0.6 is 0 Å². The van der Waals surface area contributed by atoms with E-state index in [0.29, 0.717) is 0 Å². The van der Waals surface area contributed by atoms with Gasteiger partial charge in [-0.25, -0.2) is 0 Å². The monoisotopic (exact) mass is 692 g/mol. The molecule has 0 saturated carbocycles. The van der Waals surface area contributed by atoms with Crippen LogP contribution in [0.3, 0.4) is 0 Å². The van der Waals surface area contributed by atoms with E-state index in [4.69, 9.17) is 8.83 Å². The number of anilines is 6. The molecule has 54 heavy (non-hydrogen) atoms. The lowest BCUT2D eigenvalue weighted by molar-refractivity contribution is 0.665. The Balaban J connectivity index is 1.06. The van der Waals surface area contributed by atoms with E-state index >= 15 is 0 Å². The van der Waals surface area contributed by atoms with Gasteiger partial charge in [0.2, 0.25) is 0 Å². The van der Waals surface area contributed by atoms with Crippen LogP contribution in [0.25, 0.3) is 65.4 Å². The van der Waals surface area contributed by atoms with Crippen LogP contribution in [0.4, 0.5) is 34.1 Å². The van der Waals surface area contributed by atoms with Crippen LogP contribution in [0.5, 0.6) is 0 Å². The molecule has 11 aromatic rings. The number of benzene rings is 9. The molecule has 0 bridgehead atoms. The van der Waals surface area contributed by atoms with Gasteiger partial charge in [-0.3, -0.25) is 0 Å². The number of nitrogens with zero attached hydrogens (tertiary/aromatic N) is 2. The highest BCUT2D eigenvalue weighted by atomic mass is 16.3. The van der Waals surface area contributed by atoms with Crippen molar-refractivity contribution in [2.75, 3.05) is 9.80 Å². The van der Waals surface area contributed by atoms with Crippen molar-refractivity contribution < 1.29 is 8.83 Å². The quantitative estimate of drug-likeness (QED) is 0.174. The first kappa shape index (κ1) is 30.3. The molecule has 0 radical (unpaired) electrons. The van der Waals surface area contributed by atoms with E-state index in [9.17, 15) is 0 Å². The maximum Gasteiger partial charge on any atom is 0.143 e. The molecule has 0 fully saturated rings. The standard InChI is InChI=1S/C50H32N2O2/c1-5-13-36(14-6-1)51(37-15-7-2-8-16-37)40-23-21-33-31-44-47(32-35(33)30-40)53-45-27-28-46-48(49(44)45)43-25-22-34-29-41(24-26-42(34)50(43)54-46)52(38-17-9-3-10-18-38)39-19-11-4-12-20-39/h1-32H. The molecule has 0 aliphatic rings. The van der Waals surface area contributed by atoms with Crippen molar-refractivity contribution in [2.45, 2.75) is 0 Å². The molecule has 4 nitrogen and oxygen atoms in total. The summed E-state index contributed by atoms with van der Waals surface area (Å²) in [5, 5.41) is 8.79. The number of rotatable bonds is 6. The highest BCUT2D eigenvalue weighted by molar-refractivity contribution is 6.29. The van der Waals surface area contributed by atoms with Gasteiger partial charge in [-0.2, -0.15) is 0 Å². The van der Waals surface area contributed by atoms with Crippen molar-refractivity contribution >= 4 is 99.5 Å². The number of para-hydroxylation sites is 4. The molecular weight excluding hydrogens is 661 g/mol. The Hall–Kier alpha value is -7.30. The van der Waals surface area contributed by atoms with Gasteiger partial charge in [0.05, 0.1) is 0 Å². The van der Waals surface area contributed by atoms with Gasteiger partial charge in [-0.1, -0.05) is 84.9 Å². The summed E-state index contributed by atoms with van der Waals surface area (Å²) in [6.45, 7) is 0. The molecule has 254 valence electrons. The first-order valence-corrected chi connectivity index (χ1v) is 18.3. The summed E-state index contributed by atoms with van der Waals surface area (Å²) in [4.78, 5) is 4.58. The summed E-state index contributed by atoms with van der Waals surface area (Å²) in [7, 11) is 0. The van der Waals surface area contributed by atoms with Gasteiger partial charge < -0.3 is 18.6 Å². The molecule has 0 spiro atoms. The minimum atomic E-state index is 0.850. The molecule has 2 aromatic heterocycles. The lowest BCUT2D eigenvalue weighted by atomic mass is 10.0. The van der Waals surface area contributed by atoms with Gasteiger partial charge in [0.15, 0.2) is 0 Å². The van der Waals surface area contributed by atoms with Gasteiger partial charge in [0, 0.05) is 61.1 Å². The molecule has 11 rings (SSSR count). The smallest absolute Gasteiger partial charge is 0.143 e. The van der Waals surface area contributed by atoms with Gasteiger partial charge in [0.1, 0.15) is 22.3 Å². The summed E-state index contributed by atoms with van der Waals surface area (Å²) in [6.07, 6.45) is 0. The van der Waals surface area contributed by atoms with Gasteiger partial charge in [-0.15, -0.1) is 0 Å². The van der Waals surface area contributed by atoms with Crippen LogP contribution in [-0.4, -0.2) is 0 Å². The summed E-state index contributed by atoms with van der Waals surface area (Å²) in [5.74, 6) is 0. The lowest BCUT2D eigenvalue weighted by Gasteiger charge is -2.25. The fourth-order valence-corrected chi connectivity index (χ4v) is 8.12. The van der Waals surface area contributed by atoms with Crippen molar-refractivity contribution in [3.63, 3.8) is 0 Å². The highest BCUT2D eigenvalue weighted by Crippen LogP contribution is 2.45. The molecule has 9 aromatic carbocycles. The summed E-state index contributed by atoms with van der Waals surface area (Å²) < 4.78 is 13.3. The third-order valence-corrected chi connectivity index (χ3v) is 10.5. The zero-order valence-corrected chi connectivity index (χ0v) is 29.2. The summed E-state index contributed by atoms with van der Waals surface area (Å²) in [5.41, 5.74) is 10.0. The molecule has 0 N–H and O–H groups in total. The molecule has 0 saturated heterocycles. The molecule has 2 heterocycles. The Morgan fingerprint density at radius 1 is 0.278 bits per heavy atom. The molecule has 4 heteroatoms. The van der Waals surface area contributed by atoms with E-state index < -0.39 is 0 Å². The van der Waals surface area contributed by atoms with Gasteiger partial charge in [-0.05, 0) is 125 Å². The van der Waals surface area contributed by atoms with Crippen molar-refractivity contribution in [2.24, 2.45) is 0 Å². The third kappa shape index (κ3) is 4.85. The fraction of sp³-hybridized carbons (Fsp3) is 0. The Morgan fingerprint density at radius 2 is 0.741 bits per heavy atom. The molecule has 0 aliphatic heterocycles. The van der Waals surface area contributed by atoms with Crippen molar-refractivity contribution in [1.29, 1.82) is 0 Å². The lowest BCUT2D eigenvalue weighted by Crippen LogP contribution is -2.09. The molecular formula is C50H32N2O2. The van der Waals surface area contributed by atoms with Crippen LogP contribution in [0, 0.1) is 0 Å². The van der Waals surface area contributed by atoms with Gasteiger partial charge >= 0.3 is 0 Å². The second-order valence-corrected chi connectivity index (χ2v) is 13.8. The Bertz CT molecular complexity index is 2980. The van der Waals surface area contributed by atoms with Crippen LogP contribution in [0.2, 0.25) is 0 Å². The normalized spacial score (nSPS) is 11.7. The maximum absolute atomic E-state index is 6.71. The minimum Gasteiger partial charge on any atom is -0.456 e. The van der Waals surface area contributed by atoms with Crippen molar-refractivity contribution in [1.82, 2.24) is 0 Å². The number of hydrogen-bond donors (Lipinski definition) is 0. The average molecular weight is 693 g/mol. The average Bonchev–Trinajstić information content (AvgIpc) is 3.79. The Labute approximate surface area is 311 Å². The Morgan fingerprint density at radius 3 is 1.31 bits per heavy atom. The summed E-state index contributed by atoms with van der Waals surface area (Å²) in [6, 6.07) is 68.3. The zero-order chi connectivity index (χ0) is 35.6. The second kappa shape index (κ2) is 12.1. The largest absolute Gasteiger partial charge is 0.456 e. The highest BCUT2D eigenvalue weighted by Gasteiger charge is 2.20.